The van der Waals surface area contributed by atoms with Crippen LogP contribution in [0.1, 0.15) is 73.1 Å². The SMILES string of the molecule is COc1cc(NC(=O)CCN(C)C2CCC(OC(=O)C(O)(c3cccs3)c3cccs3)CC2)c(Cl)cc1CNC[C@H](O)C1CCC(O)C2NC(=O)CCC21. The van der Waals surface area contributed by atoms with Crippen molar-refractivity contribution in [3.63, 3.8) is 0 Å². The average Bonchev–Trinajstić information content (AvgIpc) is 3.92. The second-order valence-corrected chi connectivity index (χ2v) is 17.0. The lowest BCUT2D eigenvalue weighted by molar-refractivity contribution is -0.169. The summed E-state index contributed by atoms with van der Waals surface area (Å²) in [6, 6.07) is 10.5. The highest BCUT2D eigenvalue weighted by atomic mass is 35.5. The Morgan fingerprint density at radius 1 is 1.07 bits per heavy atom. The number of hydrogen-bond acceptors (Lipinski definition) is 12. The van der Waals surface area contributed by atoms with Crippen LogP contribution in [0.25, 0.3) is 0 Å². The molecule has 2 amide bonds. The lowest BCUT2D eigenvalue weighted by Gasteiger charge is -2.45. The summed E-state index contributed by atoms with van der Waals surface area (Å²) < 4.78 is 11.5. The number of nitrogens with zero attached hydrogens (tertiary/aromatic N) is 1. The molecule has 6 N–H and O–H groups in total. The Labute approximate surface area is 329 Å². The van der Waals surface area contributed by atoms with Gasteiger partial charge in [0.2, 0.25) is 17.4 Å². The largest absolute Gasteiger partial charge is 0.496 e. The van der Waals surface area contributed by atoms with Crippen LogP contribution in [0.4, 0.5) is 5.69 Å². The Morgan fingerprint density at radius 3 is 2.43 bits per heavy atom. The number of aliphatic hydroxyl groups excluding tert-OH is 2. The Morgan fingerprint density at radius 2 is 1.78 bits per heavy atom. The number of benzene rings is 1. The molecule has 12 nitrogen and oxygen atoms in total. The van der Waals surface area contributed by atoms with Crippen molar-refractivity contribution in [1.29, 1.82) is 0 Å². The molecule has 3 heterocycles. The Balaban J connectivity index is 0.940. The first-order valence-electron chi connectivity index (χ1n) is 18.7. The number of nitrogens with one attached hydrogen (secondary N) is 3. The van der Waals surface area contributed by atoms with Crippen molar-refractivity contribution in [2.45, 2.75) is 100 Å². The maximum atomic E-state index is 13.4. The van der Waals surface area contributed by atoms with E-state index in [2.05, 4.69) is 20.9 Å². The normalized spacial score (nSPS) is 25.1. The van der Waals surface area contributed by atoms with Gasteiger partial charge in [0.1, 0.15) is 11.9 Å². The molecule has 4 unspecified atom stereocenters. The molecule has 0 radical (unpaired) electrons. The number of halogens is 1. The summed E-state index contributed by atoms with van der Waals surface area (Å²) in [5, 5.41) is 46.2. The monoisotopic (exact) mass is 802 g/mol. The Bertz CT molecular complexity index is 1680. The number of aliphatic hydroxyl groups is 3. The van der Waals surface area contributed by atoms with Crippen LogP contribution < -0.4 is 20.7 Å². The smallest absolute Gasteiger partial charge is 0.349 e. The summed E-state index contributed by atoms with van der Waals surface area (Å²) in [6.45, 7) is 1.24. The van der Waals surface area contributed by atoms with Crippen molar-refractivity contribution >= 4 is 57.7 Å². The molecule has 3 aliphatic rings. The van der Waals surface area contributed by atoms with E-state index in [0.717, 1.165) is 18.4 Å². The topological polar surface area (TPSA) is 170 Å². The highest BCUT2D eigenvalue weighted by Gasteiger charge is 2.46. The van der Waals surface area contributed by atoms with Crippen LogP contribution in [0.3, 0.4) is 0 Å². The minimum absolute atomic E-state index is 0.0316. The van der Waals surface area contributed by atoms with Gasteiger partial charge in [-0.25, -0.2) is 4.79 Å². The Hall–Kier alpha value is -3.08. The fraction of sp³-hybridized carbons (Fsp3) is 0.564. The number of carbonyl (C=O) groups is 3. The van der Waals surface area contributed by atoms with E-state index in [1.54, 1.807) is 31.4 Å². The second-order valence-electron chi connectivity index (χ2n) is 14.7. The van der Waals surface area contributed by atoms with Gasteiger partial charge in [0, 0.05) is 50.1 Å². The predicted octanol–water partition coefficient (Wildman–Crippen LogP) is 4.64. The number of methoxy groups -OCH3 is 1. The van der Waals surface area contributed by atoms with Crippen molar-refractivity contribution < 1.29 is 39.2 Å². The van der Waals surface area contributed by atoms with E-state index in [9.17, 15) is 29.7 Å². The zero-order valence-corrected chi connectivity index (χ0v) is 33.1. The summed E-state index contributed by atoms with van der Waals surface area (Å²) in [7, 11) is 3.55. The van der Waals surface area contributed by atoms with Gasteiger partial charge in [-0.1, -0.05) is 23.7 Å². The molecule has 1 aliphatic heterocycles. The quantitative estimate of drug-likeness (QED) is 0.119. The van der Waals surface area contributed by atoms with E-state index in [0.29, 0.717) is 84.4 Å². The number of fused-ring (bicyclic) bond motifs is 1. The number of carbonyl (C=O) groups excluding carboxylic acids is 3. The molecule has 6 rings (SSSR count). The molecule has 54 heavy (non-hydrogen) atoms. The summed E-state index contributed by atoms with van der Waals surface area (Å²) in [6.07, 6.45) is 3.94. The van der Waals surface area contributed by atoms with E-state index < -0.39 is 23.8 Å². The van der Waals surface area contributed by atoms with Gasteiger partial charge in [-0.05, 0) is 92.8 Å². The van der Waals surface area contributed by atoms with E-state index in [-0.39, 0.29) is 48.3 Å². The summed E-state index contributed by atoms with van der Waals surface area (Å²) in [5.74, 6) is -0.331. The molecule has 1 aromatic carbocycles. The van der Waals surface area contributed by atoms with Crippen molar-refractivity contribution in [2.24, 2.45) is 11.8 Å². The van der Waals surface area contributed by atoms with Crippen molar-refractivity contribution in [3.8, 4) is 5.75 Å². The number of anilines is 1. The third-order valence-electron chi connectivity index (χ3n) is 11.3. The number of piperidine rings is 1. The van der Waals surface area contributed by atoms with E-state index in [4.69, 9.17) is 21.1 Å². The first kappa shape index (κ1) is 40.6. The molecule has 0 spiro atoms. The first-order valence-corrected chi connectivity index (χ1v) is 20.9. The number of amides is 2. The third-order valence-corrected chi connectivity index (χ3v) is 13.6. The molecular weight excluding hydrogens is 752 g/mol. The van der Waals surface area contributed by atoms with Gasteiger partial charge in [-0.3, -0.25) is 9.59 Å². The lowest BCUT2D eigenvalue weighted by Crippen LogP contribution is -2.58. The molecule has 2 aromatic heterocycles. The van der Waals surface area contributed by atoms with Gasteiger partial charge in [0.15, 0.2) is 0 Å². The van der Waals surface area contributed by atoms with E-state index in [1.807, 2.05) is 29.9 Å². The maximum absolute atomic E-state index is 13.4. The zero-order valence-electron chi connectivity index (χ0n) is 30.7. The van der Waals surface area contributed by atoms with Gasteiger partial charge in [-0.2, -0.15) is 0 Å². The van der Waals surface area contributed by atoms with Crippen LogP contribution in [0.2, 0.25) is 5.02 Å². The molecule has 294 valence electrons. The van der Waals surface area contributed by atoms with Crippen LogP contribution in [0.15, 0.2) is 47.2 Å². The van der Waals surface area contributed by atoms with Gasteiger partial charge >= 0.3 is 5.97 Å². The number of esters is 1. The summed E-state index contributed by atoms with van der Waals surface area (Å²) >= 11 is 9.27. The van der Waals surface area contributed by atoms with Crippen LogP contribution >= 0.6 is 34.3 Å². The highest BCUT2D eigenvalue weighted by Crippen LogP contribution is 2.40. The fourth-order valence-electron chi connectivity index (χ4n) is 8.27. The van der Waals surface area contributed by atoms with E-state index >= 15 is 0 Å². The minimum Gasteiger partial charge on any atom is -0.496 e. The first-order chi connectivity index (χ1) is 26.0. The van der Waals surface area contributed by atoms with Crippen LogP contribution in [-0.2, 0) is 31.3 Å². The van der Waals surface area contributed by atoms with Gasteiger partial charge in [0.25, 0.3) is 0 Å². The van der Waals surface area contributed by atoms with Crippen LogP contribution in [0.5, 0.6) is 5.75 Å². The predicted molar refractivity (Wildman–Crippen MR) is 209 cm³/mol. The van der Waals surface area contributed by atoms with Crippen LogP contribution in [-0.4, -0.2) is 95.6 Å². The molecule has 3 aromatic rings. The molecule has 2 aliphatic carbocycles. The molecule has 5 atom stereocenters. The molecule has 1 saturated heterocycles. The second kappa shape index (κ2) is 18.2. The standard InChI is InChI=1S/C39H51ClN4O8S2/c1-44(24-7-9-25(10-8-24)52-38(49)39(50,33-5-3-17-53-33)34-6-4-18-54-34)16-15-36(48)42-29-20-32(51-2)23(19-28(29)40)21-41-22-31(46)26-11-13-30(45)37-27(26)12-14-35(47)43-37/h3-6,17-20,24-27,30-31,37,41,45-46,50H,7-16,21-22H2,1-2H3,(H,42,48)(H,43,47)/t24?,25?,26?,27?,30?,31-,37?/m0/s1. The summed E-state index contributed by atoms with van der Waals surface area (Å²) in [4.78, 5) is 41.6. The van der Waals surface area contributed by atoms with E-state index in [1.165, 1.54) is 22.7 Å². The van der Waals surface area contributed by atoms with Gasteiger partial charge in [-0.15, -0.1) is 22.7 Å². The average molecular weight is 803 g/mol. The van der Waals surface area contributed by atoms with Crippen LogP contribution in [0, 0.1) is 11.8 Å². The van der Waals surface area contributed by atoms with Crippen molar-refractivity contribution in [1.82, 2.24) is 15.5 Å². The number of thiophene rings is 2. The summed E-state index contributed by atoms with van der Waals surface area (Å²) in [5.41, 5.74) is -0.595. The number of rotatable bonds is 15. The molecule has 2 saturated carbocycles. The van der Waals surface area contributed by atoms with Gasteiger partial charge in [0.05, 0.1) is 45.8 Å². The fourth-order valence-corrected chi connectivity index (χ4v) is 10.2. The lowest BCUT2D eigenvalue weighted by atomic mass is 9.68. The molecule has 3 fully saturated rings. The minimum atomic E-state index is -1.82. The number of ether oxygens (including phenoxy) is 2. The molecular formula is C39H51ClN4O8S2. The van der Waals surface area contributed by atoms with Crippen molar-refractivity contribution in [3.05, 3.63) is 67.5 Å². The zero-order chi connectivity index (χ0) is 38.4. The number of hydrogen-bond donors (Lipinski definition) is 6. The highest BCUT2D eigenvalue weighted by molar-refractivity contribution is 7.12. The Kier molecular flexibility index (Phi) is 13.7. The van der Waals surface area contributed by atoms with Gasteiger partial charge < -0.3 is 45.6 Å². The maximum Gasteiger partial charge on any atom is 0.349 e. The molecule has 15 heteroatoms. The van der Waals surface area contributed by atoms with Crippen molar-refractivity contribution in [2.75, 3.05) is 32.6 Å². The molecule has 0 bridgehead atoms. The third kappa shape index (κ3) is 9.30.